The van der Waals surface area contributed by atoms with Gasteiger partial charge in [-0.25, -0.2) is 0 Å². The Bertz CT molecular complexity index is 553. The summed E-state index contributed by atoms with van der Waals surface area (Å²) in [5.41, 5.74) is 5.39. The van der Waals surface area contributed by atoms with Gasteiger partial charge in [-0.1, -0.05) is 19.4 Å². The Morgan fingerprint density at radius 1 is 0.960 bits per heavy atom. The minimum Gasteiger partial charge on any atom is -0.461 e. The van der Waals surface area contributed by atoms with Crippen molar-refractivity contribution in [2.24, 2.45) is 4.99 Å². The predicted molar refractivity (Wildman–Crippen MR) is 102 cm³/mol. The van der Waals surface area contributed by atoms with Crippen molar-refractivity contribution in [3.63, 3.8) is 0 Å². The molecule has 0 saturated carbocycles. The SMILES string of the molecule is [CH-]=Nc1cc(C)c([C-]=O)cc1C.[CH2-]C.[CH2-]c1ccc(C)cc1.[CH3-].[Li+].[Li+]. The van der Waals surface area contributed by atoms with Crippen LogP contribution in [0.25, 0.3) is 0 Å². The first-order valence-electron chi connectivity index (χ1n) is 6.97. The number of rotatable bonds is 2. The zero-order valence-corrected chi connectivity index (χ0v) is 16.8. The molecule has 2 aromatic carbocycles. The molecule has 4 heteroatoms. The molecule has 0 amide bonds. The van der Waals surface area contributed by atoms with Gasteiger partial charge in [-0.15, -0.1) is 17.8 Å². The van der Waals surface area contributed by atoms with Crippen molar-refractivity contribution in [3.8, 4) is 0 Å². The van der Waals surface area contributed by atoms with Crippen molar-refractivity contribution in [1.82, 2.24) is 0 Å². The Labute approximate surface area is 178 Å². The summed E-state index contributed by atoms with van der Waals surface area (Å²) in [4.78, 5) is 14.0. The molecule has 0 aliphatic heterocycles. The van der Waals surface area contributed by atoms with E-state index in [1.54, 1.807) is 19.1 Å². The van der Waals surface area contributed by atoms with E-state index in [9.17, 15) is 4.79 Å². The Kier molecular flexibility index (Phi) is 22.3. The van der Waals surface area contributed by atoms with E-state index in [2.05, 4.69) is 37.9 Å². The van der Waals surface area contributed by atoms with Gasteiger partial charge in [0, 0.05) is 0 Å². The molecule has 2 aromatic rings. The molecule has 0 aromatic heterocycles. The van der Waals surface area contributed by atoms with E-state index in [1.165, 1.54) is 5.56 Å². The summed E-state index contributed by atoms with van der Waals surface area (Å²) in [6.45, 7) is 19.6. The van der Waals surface area contributed by atoms with Crippen molar-refractivity contribution in [2.75, 3.05) is 0 Å². The van der Waals surface area contributed by atoms with Gasteiger partial charge in [0.05, 0.1) is 6.29 Å². The summed E-state index contributed by atoms with van der Waals surface area (Å²) >= 11 is 0. The van der Waals surface area contributed by atoms with E-state index >= 15 is 0 Å². The van der Waals surface area contributed by atoms with Crippen LogP contribution in [0.4, 0.5) is 5.69 Å². The number of aliphatic imine (C=N–C) groups is 1. The molecule has 0 heterocycles. The van der Waals surface area contributed by atoms with Crippen LogP contribution in [-0.2, 0) is 4.79 Å². The summed E-state index contributed by atoms with van der Waals surface area (Å²) in [7, 11) is 0. The second-order valence-electron chi connectivity index (χ2n) is 4.67. The van der Waals surface area contributed by atoms with E-state index in [-0.39, 0.29) is 45.1 Å². The fourth-order valence-electron chi connectivity index (χ4n) is 1.64. The molecular weight excluding hydrogens is 296 g/mol. The number of hydrogen-bond acceptors (Lipinski definition) is 2. The normalized spacial score (nSPS) is 7.72. The summed E-state index contributed by atoms with van der Waals surface area (Å²) < 4.78 is 0. The molecule has 25 heavy (non-hydrogen) atoms. The smallest absolute Gasteiger partial charge is 0.461 e. The molecule has 0 unspecified atom stereocenters. The zero-order valence-electron chi connectivity index (χ0n) is 16.8. The maximum atomic E-state index is 10.4. The van der Waals surface area contributed by atoms with Crippen molar-refractivity contribution in [1.29, 1.82) is 0 Å². The van der Waals surface area contributed by atoms with Crippen molar-refractivity contribution in [3.05, 3.63) is 85.5 Å². The summed E-state index contributed by atoms with van der Waals surface area (Å²) in [5, 5.41) is 0. The van der Waals surface area contributed by atoms with Crippen molar-refractivity contribution in [2.45, 2.75) is 27.7 Å². The maximum absolute atomic E-state index is 10.4. The van der Waals surface area contributed by atoms with Gasteiger partial charge in [-0.3, -0.25) is 0 Å². The summed E-state index contributed by atoms with van der Waals surface area (Å²) in [6.07, 6.45) is 1.85. The Balaban J connectivity index is -0.000000151. The Morgan fingerprint density at radius 2 is 1.44 bits per heavy atom. The van der Waals surface area contributed by atoms with Gasteiger partial charge in [0.2, 0.25) is 0 Å². The van der Waals surface area contributed by atoms with Crippen LogP contribution in [0.15, 0.2) is 41.4 Å². The Hall–Kier alpha value is -1.16. The third-order valence-electron chi connectivity index (χ3n) is 2.91. The first-order valence-corrected chi connectivity index (χ1v) is 6.97. The molecule has 0 N–H and O–H groups in total. The molecule has 0 fully saturated rings. The Morgan fingerprint density at radius 3 is 1.80 bits per heavy atom. The average Bonchev–Trinajstić information content (AvgIpc) is 2.54. The van der Waals surface area contributed by atoms with Gasteiger partial charge in [-0.05, 0) is 6.92 Å². The molecule has 0 aliphatic carbocycles. The molecule has 0 bridgehead atoms. The standard InChI is InChI=1S/C10H9NO.C8H9.C2H5.CH3.2Li/c1-7-5-10(11-3)8(2)4-9(7)6-12;1-7-3-5-8(2)6-4-7;1-2;;;/h3-5H,1-2H3;3-6H,1H2,2H3;1H2,2H3;1H3;;/q-2;3*-1;2*+1. The largest absolute Gasteiger partial charge is 1.00 e. The van der Waals surface area contributed by atoms with Crippen molar-refractivity contribution >= 4 is 18.7 Å². The second-order valence-corrected chi connectivity index (χ2v) is 4.67. The third-order valence-corrected chi connectivity index (χ3v) is 2.91. The third kappa shape index (κ3) is 11.9. The number of carbonyl (C=O) groups excluding carboxylic acids is 1. The van der Waals surface area contributed by atoms with Gasteiger partial charge >= 0.3 is 37.7 Å². The maximum Gasteiger partial charge on any atom is 1.00 e. The van der Waals surface area contributed by atoms with E-state index in [0.717, 1.165) is 16.7 Å². The second kappa shape index (κ2) is 17.7. The fraction of sp³-hybridized carbons (Fsp3) is 0.190. The van der Waals surface area contributed by atoms with Crippen LogP contribution >= 0.6 is 0 Å². The van der Waals surface area contributed by atoms with Gasteiger partial charge in [0.1, 0.15) is 0 Å². The fourth-order valence-corrected chi connectivity index (χ4v) is 1.64. The zero-order chi connectivity index (χ0) is 17.1. The van der Waals surface area contributed by atoms with Gasteiger partial charge in [0.15, 0.2) is 0 Å². The molecule has 2 rings (SSSR count). The van der Waals surface area contributed by atoms with Crippen molar-refractivity contribution < 1.29 is 42.5 Å². The van der Waals surface area contributed by atoms with Gasteiger partial charge in [-0.2, -0.15) is 67.1 Å². The number of nitrogens with zero attached hydrogens (tertiary/aromatic N) is 1. The van der Waals surface area contributed by atoms with Crippen LogP contribution in [0, 0.1) is 42.0 Å². The van der Waals surface area contributed by atoms with Crippen LogP contribution in [0.1, 0.15) is 34.7 Å². The predicted octanol–water partition coefficient (Wildman–Crippen LogP) is -0.554. The van der Waals surface area contributed by atoms with Crippen LogP contribution in [-0.4, -0.2) is 13.0 Å². The number of aryl methyl sites for hydroxylation is 3. The van der Waals surface area contributed by atoms with Gasteiger partial charge < -0.3 is 24.1 Å². The first kappa shape index (κ1) is 31.6. The minimum absolute atomic E-state index is 0. The van der Waals surface area contributed by atoms with E-state index in [0.29, 0.717) is 11.3 Å². The van der Waals surface area contributed by atoms with Crippen LogP contribution in [0.2, 0.25) is 0 Å². The molecule has 0 spiro atoms. The van der Waals surface area contributed by atoms with Crippen LogP contribution in [0.3, 0.4) is 0 Å². The van der Waals surface area contributed by atoms with Crippen LogP contribution in [0.5, 0.6) is 0 Å². The topological polar surface area (TPSA) is 29.4 Å². The summed E-state index contributed by atoms with van der Waals surface area (Å²) in [5.74, 6) is 0. The summed E-state index contributed by atoms with van der Waals surface area (Å²) in [6, 6.07) is 11.6. The molecule has 0 aliphatic rings. The number of benzene rings is 2. The minimum atomic E-state index is 0. The molecule has 0 saturated heterocycles. The average molecular weight is 322 g/mol. The van der Waals surface area contributed by atoms with Crippen LogP contribution < -0.4 is 37.7 Å². The molecule has 126 valence electrons. The van der Waals surface area contributed by atoms with E-state index in [4.69, 9.17) is 6.72 Å². The van der Waals surface area contributed by atoms with E-state index in [1.807, 2.05) is 32.3 Å². The first-order chi connectivity index (χ1) is 10.5. The molecule has 2 nitrogen and oxygen atoms in total. The number of hydrogen-bond donors (Lipinski definition) is 0. The quantitative estimate of drug-likeness (QED) is 0.414. The molecular formula is C21H26Li2NO-3. The van der Waals surface area contributed by atoms with E-state index < -0.39 is 0 Å². The van der Waals surface area contributed by atoms with Gasteiger partial charge in [0.25, 0.3) is 0 Å². The molecule has 0 atom stereocenters. The molecule has 0 radical (unpaired) electrons. The monoisotopic (exact) mass is 322 g/mol.